The van der Waals surface area contributed by atoms with Gasteiger partial charge in [-0.2, -0.15) is 0 Å². The number of hydrogen-bond donors (Lipinski definition) is 1. The number of pyridine rings is 1. The van der Waals surface area contributed by atoms with Crippen LogP contribution in [0.1, 0.15) is 18.6 Å². The molecule has 10 heteroatoms. The SMILES string of the molecule is CB(O)N1CCN(c2ccc3nc(-c4ccc(OC(C)c5ccccc5)cc4)n(COCC[Si](C)(C)C)c3n2)CC1. The number of aromatic nitrogens is 3. The minimum Gasteiger partial charge on any atom is -0.486 e. The molecular formula is C31H42BN5O3Si. The van der Waals surface area contributed by atoms with Gasteiger partial charge in [0.1, 0.15) is 35.7 Å². The van der Waals surface area contributed by atoms with E-state index >= 15 is 0 Å². The van der Waals surface area contributed by atoms with Gasteiger partial charge in [0.15, 0.2) is 5.65 Å². The zero-order valence-corrected chi connectivity index (χ0v) is 26.0. The van der Waals surface area contributed by atoms with E-state index in [4.69, 9.17) is 19.4 Å². The van der Waals surface area contributed by atoms with E-state index in [1.807, 2.05) is 37.2 Å². The topological polar surface area (TPSA) is 75.9 Å². The fourth-order valence-corrected chi connectivity index (χ4v) is 5.80. The summed E-state index contributed by atoms with van der Waals surface area (Å²) in [4.78, 5) is 14.4. The van der Waals surface area contributed by atoms with Crippen molar-refractivity contribution >= 4 is 32.1 Å². The van der Waals surface area contributed by atoms with Gasteiger partial charge >= 0.3 is 7.05 Å². The number of nitrogens with zero attached hydrogens (tertiary/aromatic N) is 5. The Labute approximate surface area is 245 Å². The summed E-state index contributed by atoms with van der Waals surface area (Å²) >= 11 is 0. The molecular weight excluding hydrogens is 529 g/mol. The molecule has 0 aliphatic carbocycles. The smallest absolute Gasteiger partial charge is 0.376 e. The molecule has 0 amide bonds. The Balaban J connectivity index is 1.40. The predicted octanol–water partition coefficient (Wildman–Crippen LogP) is 5.78. The van der Waals surface area contributed by atoms with E-state index in [-0.39, 0.29) is 6.10 Å². The lowest BCUT2D eigenvalue weighted by atomic mass is 9.84. The van der Waals surface area contributed by atoms with Gasteiger partial charge in [-0.1, -0.05) is 50.0 Å². The Morgan fingerprint density at radius 3 is 2.29 bits per heavy atom. The molecule has 0 radical (unpaired) electrons. The van der Waals surface area contributed by atoms with Gasteiger partial charge in [0.05, 0.1) is 0 Å². The van der Waals surface area contributed by atoms with Crippen molar-refractivity contribution < 1.29 is 14.5 Å². The summed E-state index contributed by atoms with van der Waals surface area (Å²) in [7, 11) is -1.64. The normalized spacial score (nSPS) is 15.3. The molecule has 1 aliphatic rings. The molecule has 0 bridgehead atoms. The average Bonchev–Trinajstić information content (AvgIpc) is 3.33. The Hall–Kier alpha value is -3.18. The molecule has 1 unspecified atom stereocenters. The van der Waals surface area contributed by atoms with Crippen molar-refractivity contribution in [3.05, 3.63) is 72.3 Å². The Bertz CT molecular complexity index is 1420. The van der Waals surface area contributed by atoms with E-state index in [9.17, 15) is 5.02 Å². The quantitative estimate of drug-likeness (QED) is 0.181. The second kappa shape index (κ2) is 12.8. The summed E-state index contributed by atoms with van der Waals surface area (Å²) in [5.41, 5.74) is 3.80. The van der Waals surface area contributed by atoms with Crippen molar-refractivity contribution in [3.8, 4) is 17.1 Å². The zero-order valence-electron chi connectivity index (χ0n) is 25.0. The molecule has 0 saturated carbocycles. The van der Waals surface area contributed by atoms with Gasteiger partial charge in [0, 0.05) is 46.4 Å². The monoisotopic (exact) mass is 571 g/mol. The van der Waals surface area contributed by atoms with E-state index in [1.165, 1.54) is 0 Å². The van der Waals surface area contributed by atoms with Crippen molar-refractivity contribution in [1.29, 1.82) is 0 Å². The van der Waals surface area contributed by atoms with Gasteiger partial charge in [-0.15, -0.1) is 0 Å². The van der Waals surface area contributed by atoms with Crippen LogP contribution in [-0.4, -0.2) is 72.3 Å². The molecule has 41 heavy (non-hydrogen) atoms. The summed E-state index contributed by atoms with van der Waals surface area (Å²) in [5.74, 6) is 2.58. The van der Waals surface area contributed by atoms with Gasteiger partial charge in [-0.05, 0) is 61.8 Å². The lowest BCUT2D eigenvalue weighted by molar-refractivity contribution is 0.0906. The second-order valence-electron chi connectivity index (χ2n) is 12.1. The number of fused-ring (bicyclic) bond motifs is 1. The van der Waals surface area contributed by atoms with Gasteiger partial charge < -0.3 is 24.2 Å². The number of rotatable bonds is 11. The molecule has 1 atom stereocenters. The molecule has 2 aromatic heterocycles. The number of hydrogen-bond acceptors (Lipinski definition) is 7. The maximum Gasteiger partial charge on any atom is 0.376 e. The highest BCUT2D eigenvalue weighted by molar-refractivity contribution is 6.76. The second-order valence-corrected chi connectivity index (χ2v) is 17.7. The van der Waals surface area contributed by atoms with Crippen LogP contribution in [0.3, 0.4) is 0 Å². The van der Waals surface area contributed by atoms with E-state index < -0.39 is 15.1 Å². The third-order valence-electron chi connectivity index (χ3n) is 7.66. The third-order valence-corrected chi connectivity index (χ3v) is 9.36. The van der Waals surface area contributed by atoms with E-state index in [2.05, 4.69) is 77.2 Å². The van der Waals surface area contributed by atoms with Crippen LogP contribution in [0.15, 0.2) is 66.7 Å². The molecule has 1 saturated heterocycles. The van der Waals surface area contributed by atoms with Gasteiger partial charge in [-0.3, -0.25) is 4.57 Å². The summed E-state index contributed by atoms with van der Waals surface area (Å²) in [6.45, 7) is 15.3. The van der Waals surface area contributed by atoms with Crippen molar-refractivity contribution in [2.75, 3.05) is 37.7 Å². The Kier molecular flexibility index (Phi) is 9.13. The average molecular weight is 572 g/mol. The van der Waals surface area contributed by atoms with Gasteiger partial charge in [0.25, 0.3) is 0 Å². The van der Waals surface area contributed by atoms with Crippen molar-refractivity contribution in [3.63, 3.8) is 0 Å². The van der Waals surface area contributed by atoms with Crippen LogP contribution < -0.4 is 9.64 Å². The summed E-state index contributed by atoms with van der Waals surface area (Å²) in [5, 5.41) is 9.95. The number of imidazole rings is 1. The standard InChI is InChI=1S/C31H42BN5O3Si/c1-24(25-9-7-6-8-10-25)40-27-13-11-26(12-14-27)30-33-28-15-16-29(35-17-19-36(20-18-35)32(2)38)34-31(28)37(30)23-39-21-22-41(3,4)5/h6-16,24,38H,17-23H2,1-5H3. The summed E-state index contributed by atoms with van der Waals surface area (Å²) in [6, 6.07) is 23.6. The minimum absolute atomic E-state index is 0.0449. The number of ether oxygens (including phenoxy) is 2. The number of piperazine rings is 1. The van der Waals surface area contributed by atoms with Crippen molar-refractivity contribution in [2.45, 2.75) is 52.3 Å². The highest BCUT2D eigenvalue weighted by Gasteiger charge is 2.24. The lowest BCUT2D eigenvalue weighted by Gasteiger charge is -2.35. The summed E-state index contributed by atoms with van der Waals surface area (Å²) < 4.78 is 14.5. The molecule has 1 aliphatic heterocycles. The fourth-order valence-electron chi connectivity index (χ4n) is 5.05. The molecule has 2 aromatic carbocycles. The first kappa shape index (κ1) is 29.3. The van der Waals surface area contributed by atoms with Crippen LogP contribution in [0.25, 0.3) is 22.6 Å². The predicted molar refractivity (Wildman–Crippen MR) is 170 cm³/mol. The molecule has 4 aromatic rings. The molecule has 216 valence electrons. The maximum absolute atomic E-state index is 9.95. The highest BCUT2D eigenvalue weighted by Crippen LogP contribution is 2.29. The van der Waals surface area contributed by atoms with E-state index in [1.54, 1.807) is 0 Å². The van der Waals surface area contributed by atoms with E-state index in [0.717, 1.165) is 78.5 Å². The van der Waals surface area contributed by atoms with Crippen LogP contribution >= 0.6 is 0 Å². The highest BCUT2D eigenvalue weighted by atomic mass is 28.3. The number of anilines is 1. The van der Waals surface area contributed by atoms with Gasteiger partial charge in [0.2, 0.25) is 0 Å². The van der Waals surface area contributed by atoms with E-state index in [0.29, 0.717) is 6.73 Å². The summed E-state index contributed by atoms with van der Waals surface area (Å²) in [6.07, 6.45) is -0.0449. The molecule has 3 heterocycles. The van der Waals surface area contributed by atoms with Crippen LogP contribution in [0.4, 0.5) is 5.82 Å². The van der Waals surface area contributed by atoms with Crippen LogP contribution in [0.2, 0.25) is 32.5 Å². The largest absolute Gasteiger partial charge is 0.486 e. The zero-order chi connectivity index (χ0) is 29.0. The molecule has 1 N–H and O–H groups in total. The lowest BCUT2D eigenvalue weighted by Crippen LogP contribution is -2.51. The first-order chi connectivity index (χ1) is 19.7. The van der Waals surface area contributed by atoms with Crippen LogP contribution in [-0.2, 0) is 11.5 Å². The van der Waals surface area contributed by atoms with Crippen LogP contribution in [0.5, 0.6) is 5.75 Å². The molecule has 1 fully saturated rings. The minimum atomic E-state index is -1.21. The first-order valence-corrected chi connectivity index (χ1v) is 18.3. The van der Waals surface area contributed by atoms with Crippen molar-refractivity contribution in [1.82, 2.24) is 19.3 Å². The molecule has 8 nitrogen and oxygen atoms in total. The third kappa shape index (κ3) is 7.37. The molecule has 5 rings (SSSR count). The van der Waals surface area contributed by atoms with Crippen molar-refractivity contribution in [2.24, 2.45) is 0 Å². The fraction of sp³-hybridized carbons (Fsp3) is 0.419. The Morgan fingerprint density at radius 2 is 1.63 bits per heavy atom. The van der Waals surface area contributed by atoms with Crippen LogP contribution in [0, 0.1) is 0 Å². The Morgan fingerprint density at radius 1 is 0.927 bits per heavy atom. The molecule has 0 spiro atoms. The first-order valence-electron chi connectivity index (χ1n) is 14.6. The maximum atomic E-state index is 9.95. The number of benzene rings is 2. The van der Waals surface area contributed by atoms with Gasteiger partial charge in [-0.25, -0.2) is 9.97 Å².